The van der Waals surface area contributed by atoms with E-state index in [4.69, 9.17) is 9.51 Å². The van der Waals surface area contributed by atoms with E-state index in [1.807, 2.05) is 19.9 Å². The van der Waals surface area contributed by atoms with E-state index < -0.39 is 0 Å². The van der Waals surface area contributed by atoms with E-state index in [-0.39, 0.29) is 23.6 Å². The van der Waals surface area contributed by atoms with Crippen LogP contribution in [0.4, 0.5) is 5.88 Å². The van der Waals surface area contributed by atoms with Gasteiger partial charge in [-0.05, 0) is 61.7 Å². The Morgan fingerprint density at radius 3 is 2.85 bits per heavy atom. The molecule has 27 heavy (non-hydrogen) atoms. The quantitative estimate of drug-likeness (QED) is 0.339. The molecule has 0 aromatic carbocycles. The average molecular weight is 385 g/mol. The summed E-state index contributed by atoms with van der Waals surface area (Å²) in [5, 5.41) is 26.0. The maximum atomic E-state index is 12.2. The third kappa shape index (κ3) is 5.07. The van der Waals surface area contributed by atoms with Crippen LogP contribution in [0.3, 0.4) is 0 Å². The molecule has 0 saturated heterocycles. The molecule has 8 heteroatoms. The minimum absolute atomic E-state index is 0.100. The number of hydrogen-bond acceptors (Lipinski definition) is 7. The summed E-state index contributed by atoms with van der Waals surface area (Å²) in [7, 11) is 0. The van der Waals surface area contributed by atoms with Crippen LogP contribution in [0.25, 0.3) is 0 Å². The zero-order valence-corrected chi connectivity index (χ0v) is 16.5. The first kappa shape index (κ1) is 19.4. The predicted octanol–water partition coefficient (Wildman–Crippen LogP) is 2.65. The van der Waals surface area contributed by atoms with Gasteiger partial charge in [0, 0.05) is 11.4 Å². The number of thioether (sulfide) groups is 1. The molecule has 0 radical (unpaired) electrons. The van der Waals surface area contributed by atoms with Crippen molar-refractivity contribution in [2.75, 3.05) is 5.75 Å². The molecule has 7 nitrogen and oxygen atoms in total. The smallest absolute Gasteiger partial charge is 0.320 e. The van der Waals surface area contributed by atoms with E-state index in [0.717, 1.165) is 31.4 Å². The first-order chi connectivity index (χ1) is 13.1. The molecule has 0 aliphatic heterocycles. The maximum absolute atomic E-state index is 12.2. The number of pyridine rings is 1. The lowest BCUT2D eigenvalue weighted by molar-refractivity contribution is -0.779. The van der Waals surface area contributed by atoms with Gasteiger partial charge in [-0.3, -0.25) is 4.52 Å². The van der Waals surface area contributed by atoms with E-state index in [1.165, 1.54) is 30.2 Å². The van der Waals surface area contributed by atoms with Crippen molar-refractivity contribution in [3.63, 3.8) is 0 Å². The van der Waals surface area contributed by atoms with Crippen LogP contribution in [0.2, 0.25) is 0 Å². The molecule has 0 amide bonds. The van der Waals surface area contributed by atoms with Gasteiger partial charge in [0.1, 0.15) is 11.1 Å². The molecule has 0 N–H and O–H groups in total. The van der Waals surface area contributed by atoms with Crippen molar-refractivity contribution in [2.24, 2.45) is 4.99 Å². The van der Waals surface area contributed by atoms with Crippen molar-refractivity contribution in [2.45, 2.75) is 63.4 Å². The molecule has 1 aliphatic carbocycles. The molecule has 0 unspecified atom stereocenters. The van der Waals surface area contributed by atoms with Crippen molar-refractivity contribution in [3.8, 4) is 6.07 Å². The third-order valence-electron chi connectivity index (χ3n) is 4.45. The summed E-state index contributed by atoms with van der Waals surface area (Å²) in [6.07, 6.45) is 8.19. The Labute approximate surface area is 163 Å². The van der Waals surface area contributed by atoms with Gasteiger partial charge in [-0.15, -0.1) is 0 Å². The predicted molar refractivity (Wildman–Crippen MR) is 99.7 cm³/mol. The number of nitrogens with zero attached hydrogens (tertiary/aromatic N) is 5. The highest BCUT2D eigenvalue weighted by Gasteiger charge is 2.15. The molecule has 1 aliphatic rings. The van der Waals surface area contributed by atoms with Gasteiger partial charge in [0.2, 0.25) is 5.27 Å². The lowest BCUT2D eigenvalue weighted by atomic mass is 9.96. The van der Waals surface area contributed by atoms with Gasteiger partial charge in [0.25, 0.3) is 6.20 Å². The normalized spacial score (nSPS) is 15.1. The molecule has 2 heterocycles. The molecule has 142 valence electrons. The maximum Gasteiger partial charge on any atom is 0.320 e. The zero-order chi connectivity index (χ0) is 19.2. The first-order valence-corrected chi connectivity index (χ1v) is 10.2. The van der Waals surface area contributed by atoms with Crippen LogP contribution in [0.1, 0.15) is 62.4 Å². The molecule has 0 atom stereocenters. The average Bonchev–Trinajstić information content (AvgIpc) is 3.09. The van der Waals surface area contributed by atoms with E-state index in [9.17, 15) is 10.4 Å². The Morgan fingerprint density at radius 1 is 1.37 bits per heavy atom. The molecule has 3 rings (SSSR count). The fourth-order valence-corrected chi connectivity index (χ4v) is 3.75. The van der Waals surface area contributed by atoms with E-state index in [1.54, 1.807) is 10.9 Å². The lowest BCUT2D eigenvalue weighted by Gasteiger charge is -2.16. The number of aryl methyl sites for hydroxylation is 2. The Bertz CT molecular complexity index is 869. The Hall–Kier alpha value is -2.40. The first-order valence-electron chi connectivity index (χ1n) is 9.25. The van der Waals surface area contributed by atoms with Crippen LogP contribution >= 0.6 is 11.8 Å². The van der Waals surface area contributed by atoms with Crippen molar-refractivity contribution in [1.29, 1.82) is 5.26 Å². The van der Waals surface area contributed by atoms with Gasteiger partial charge in [-0.1, -0.05) is 24.6 Å². The lowest BCUT2D eigenvalue weighted by Crippen LogP contribution is -2.36. The van der Waals surface area contributed by atoms with Crippen LogP contribution in [-0.4, -0.2) is 21.9 Å². The number of rotatable bonds is 5. The summed E-state index contributed by atoms with van der Waals surface area (Å²) in [5.41, 5.74) is 2.77. The fourth-order valence-electron chi connectivity index (χ4n) is 2.99. The summed E-state index contributed by atoms with van der Waals surface area (Å²) >= 11 is 1.25. The largest absolute Gasteiger partial charge is 0.861 e. The van der Waals surface area contributed by atoms with Gasteiger partial charge >= 0.3 is 5.88 Å². The molecule has 2 aromatic rings. The summed E-state index contributed by atoms with van der Waals surface area (Å²) in [5.74, 6) is -0.0616. The van der Waals surface area contributed by atoms with E-state index >= 15 is 0 Å². The third-order valence-corrected chi connectivity index (χ3v) is 5.43. The molecular weight excluding hydrogens is 362 g/mol. The van der Waals surface area contributed by atoms with Gasteiger partial charge in [-0.2, -0.15) is 5.26 Å². The topological polar surface area (TPSA) is 102 Å². The number of aromatic nitrogens is 3. The van der Waals surface area contributed by atoms with Crippen molar-refractivity contribution in [1.82, 2.24) is 10.3 Å². The summed E-state index contributed by atoms with van der Waals surface area (Å²) in [4.78, 5) is 8.63. The van der Waals surface area contributed by atoms with E-state index in [0.29, 0.717) is 10.6 Å². The number of hydrogen-bond donors (Lipinski definition) is 0. The fraction of sp³-hybridized carbons (Fsp3) is 0.526. The second-order valence-electron chi connectivity index (χ2n) is 6.88. The van der Waals surface area contributed by atoms with Crippen LogP contribution in [0.15, 0.2) is 26.8 Å². The number of aliphatic imine (C=N–C) groups is 1. The van der Waals surface area contributed by atoms with Crippen LogP contribution in [-0.2, 0) is 12.8 Å². The second-order valence-corrected chi connectivity index (χ2v) is 7.85. The van der Waals surface area contributed by atoms with E-state index in [2.05, 4.69) is 16.3 Å². The molecular formula is C19H23N5O2S. The minimum atomic E-state index is -0.343. The van der Waals surface area contributed by atoms with Crippen molar-refractivity contribution >= 4 is 23.5 Å². The van der Waals surface area contributed by atoms with Crippen LogP contribution in [0, 0.1) is 11.3 Å². The molecule has 0 saturated carbocycles. The Balaban J connectivity index is 1.73. The summed E-state index contributed by atoms with van der Waals surface area (Å²) in [6.45, 7) is 3.92. The minimum Gasteiger partial charge on any atom is -0.861 e. The van der Waals surface area contributed by atoms with Crippen LogP contribution < -0.4 is 9.79 Å². The Kier molecular flexibility index (Phi) is 6.45. The molecule has 2 aromatic heterocycles. The summed E-state index contributed by atoms with van der Waals surface area (Å²) in [6, 6.07) is 4.29. The monoisotopic (exact) mass is 385 g/mol. The number of fused-ring (bicyclic) bond motifs is 1. The highest BCUT2D eigenvalue weighted by molar-refractivity contribution is 7.99. The number of nitriles is 1. The SMILES string of the molecule is CC(C)[n+]1cc(/N=C(\[O-])CSc2nc3c(cc2C#N)CCCCCC3)on1. The molecule has 0 fully saturated rings. The Morgan fingerprint density at radius 2 is 2.15 bits per heavy atom. The highest BCUT2D eigenvalue weighted by Crippen LogP contribution is 2.26. The highest BCUT2D eigenvalue weighted by atomic mass is 32.2. The standard InChI is InChI=1S/C19H23N5O2S/c1-13(2)24-11-18(26-23-24)22-17(25)12-27-19-15(10-20)9-14-7-5-3-4-6-8-16(14)21-19/h9,11,13H,3-8,12H2,1-2H3. The van der Waals surface area contributed by atoms with Crippen molar-refractivity contribution < 1.29 is 14.3 Å². The molecule has 0 spiro atoms. The second kappa shape index (κ2) is 9.00. The molecule has 0 bridgehead atoms. The van der Waals surface area contributed by atoms with Gasteiger partial charge in [-0.25, -0.2) is 9.98 Å². The summed E-state index contributed by atoms with van der Waals surface area (Å²) < 4.78 is 6.64. The van der Waals surface area contributed by atoms with Gasteiger partial charge in [0.05, 0.1) is 5.56 Å². The van der Waals surface area contributed by atoms with Crippen LogP contribution in [0.5, 0.6) is 0 Å². The van der Waals surface area contributed by atoms with Gasteiger partial charge in [0.15, 0.2) is 6.04 Å². The van der Waals surface area contributed by atoms with Crippen molar-refractivity contribution in [3.05, 3.63) is 29.1 Å². The van der Waals surface area contributed by atoms with Gasteiger partial charge < -0.3 is 5.11 Å². The zero-order valence-electron chi connectivity index (χ0n) is 15.6.